The highest BCUT2D eigenvalue weighted by Gasteiger charge is 2.14. The van der Waals surface area contributed by atoms with Crippen LogP contribution < -0.4 is 4.74 Å². The molecule has 0 saturated carbocycles. The summed E-state index contributed by atoms with van der Waals surface area (Å²) in [5, 5.41) is 0. The van der Waals surface area contributed by atoms with Crippen molar-refractivity contribution in [2.75, 3.05) is 0 Å². The highest BCUT2D eigenvalue weighted by Crippen LogP contribution is 2.18. The zero-order valence-corrected chi connectivity index (χ0v) is 12.1. The number of nitrogens with zero attached hydrogens (tertiary/aromatic N) is 1. The second kappa shape index (κ2) is 6.33. The number of carbonyl (C=O) groups excluding carboxylic acids is 1. The summed E-state index contributed by atoms with van der Waals surface area (Å²) >= 11 is 0. The average Bonchev–Trinajstić information content (AvgIpc) is 2.46. The van der Waals surface area contributed by atoms with Crippen LogP contribution >= 0.6 is 0 Å². The third kappa shape index (κ3) is 3.23. The molecule has 104 valence electrons. The lowest BCUT2D eigenvalue weighted by atomic mass is 10.0. The van der Waals surface area contributed by atoms with Crippen molar-refractivity contribution in [1.82, 2.24) is 4.98 Å². The maximum Gasteiger partial charge on any atom is 0.211 e. The topological polar surface area (TPSA) is 39.2 Å². The van der Waals surface area contributed by atoms with E-state index in [9.17, 15) is 4.79 Å². The Hall–Kier alpha value is -2.16. The third-order valence-corrected chi connectivity index (χ3v) is 2.96. The predicted octanol–water partition coefficient (Wildman–Crippen LogP) is 3.66. The van der Waals surface area contributed by atoms with Crippen molar-refractivity contribution in [2.45, 2.75) is 33.3 Å². The number of aryl methyl sites for hydroxylation is 1. The van der Waals surface area contributed by atoms with Gasteiger partial charge in [-0.25, -0.2) is 0 Å². The fourth-order valence-corrected chi connectivity index (χ4v) is 2.05. The zero-order chi connectivity index (χ0) is 14.5. The van der Waals surface area contributed by atoms with Crippen LogP contribution in [0.25, 0.3) is 0 Å². The van der Waals surface area contributed by atoms with E-state index in [2.05, 4.69) is 4.98 Å². The second-order valence-corrected chi connectivity index (χ2v) is 4.89. The van der Waals surface area contributed by atoms with Gasteiger partial charge < -0.3 is 4.74 Å². The molecule has 0 aliphatic heterocycles. The largest absolute Gasteiger partial charge is 0.491 e. The standard InChI is InChI=1S/C17H19NO2/c1-4-13-8-6-10-18-16(13)17(19)14-7-5-9-15(11-14)20-12(2)3/h5-12H,4H2,1-3H3. The number of hydrogen-bond acceptors (Lipinski definition) is 3. The van der Waals surface area contributed by atoms with Gasteiger partial charge in [0.1, 0.15) is 11.4 Å². The van der Waals surface area contributed by atoms with E-state index in [1.54, 1.807) is 18.3 Å². The Bertz CT molecular complexity index is 605. The molecule has 0 saturated heterocycles. The predicted molar refractivity (Wildman–Crippen MR) is 79.3 cm³/mol. The van der Waals surface area contributed by atoms with Crippen molar-refractivity contribution >= 4 is 5.78 Å². The van der Waals surface area contributed by atoms with Crippen LogP contribution in [0.2, 0.25) is 0 Å². The molecule has 2 aromatic rings. The molecule has 0 atom stereocenters. The Morgan fingerprint density at radius 1 is 1.25 bits per heavy atom. The van der Waals surface area contributed by atoms with Crippen molar-refractivity contribution < 1.29 is 9.53 Å². The SMILES string of the molecule is CCc1cccnc1C(=O)c1cccc(OC(C)C)c1. The Kier molecular flexibility index (Phi) is 4.51. The second-order valence-electron chi connectivity index (χ2n) is 4.89. The molecule has 0 aliphatic carbocycles. The van der Waals surface area contributed by atoms with Gasteiger partial charge in [-0.05, 0) is 44.0 Å². The fraction of sp³-hybridized carbons (Fsp3) is 0.294. The summed E-state index contributed by atoms with van der Waals surface area (Å²) < 4.78 is 5.62. The summed E-state index contributed by atoms with van der Waals surface area (Å²) in [4.78, 5) is 16.8. The number of benzene rings is 1. The molecule has 0 aliphatic rings. The van der Waals surface area contributed by atoms with Gasteiger partial charge in [-0.2, -0.15) is 0 Å². The van der Waals surface area contributed by atoms with Gasteiger partial charge in [0.05, 0.1) is 6.10 Å². The Morgan fingerprint density at radius 2 is 2.05 bits per heavy atom. The minimum Gasteiger partial charge on any atom is -0.491 e. The number of aromatic nitrogens is 1. The smallest absolute Gasteiger partial charge is 0.211 e. The fourth-order valence-electron chi connectivity index (χ4n) is 2.05. The lowest BCUT2D eigenvalue weighted by molar-refractivity contribution is 0.103. The molecule has 0 spiro atoms. The number of hydrogen-bond donors (Lipinski definition) is 0. The van der Waals surface area contributed by atoms with Crippen LogP contribution in [0.15, 0.2) is 42.6 Å². The molecular weight excluding hydrogens is 250 g/mol. The Morgan fingerprint density at radius 3 is 2.75 bits per heavy atom. The van der Waals surface area contributed by atoms with Gasteiger partial charge in [0, 0.05) is 11.8 Å². The zero-order valence-electron chi connectivity index (χ0n) is 12.1. The van der Waals surface area contributed by atoms with E-state index in [0.717, 1.165) is 12.0 Å². The van der Waals surface area contributed by atoms with Crippen molar-refractivity contribution in [3.05, 3.63) is 59.4 Å². The van der Waals surface area contributed by atoms with Crippen molar-refractivity contribution in [3.63, 3.8) is 0 Å². The monoisotopic (exact) mass is 269 g/mol. The lowest BCUT2D eigenvalue weighted by Gasteiger charge is -2.11. The summed E-state index contributed by atoms with van der Waals surface area (Å²) in [5.41, 5.74) is 2.10. The third-order valence-electron chi connectivity index (χ3n) is 2.96. The van der Waals surface area contributed by atoms with Gasteiger partial charge in [0.25, 0.3) is 0 Å². The normalized spacial score (nSPS) is 10.6. The van der Waals surface area contributed by atoms with Gasteiger partial charge in [-0.3, -0.25) is 9.78 Å². The Labute approximate surface area is 119 Å². The van der Waals surface area contributed by atoms with Gasteiger partial charge in [0.2, 0.25) is 5.78 Å². The molecular formula is C17H19NO2. The van der Waals surface area contributed by atoms with Crippen LogP contribution in [0, 0.1) is 0 Å². The molecule has 0 N–H and O–H groups in total. The highest BCUT2D eigenvalue weighted by atomic mass is 16.5. The summed E-state index contributed by atoms with van der Waals surface area (Å²) in [6.07, 6.45) is 2.53. The van der Waals surface area contributed by atoms with Gasteiger partial charge >= 0.3 is 0 Å². The summed E-state index contributed by atoms with van der Waals surface area (Å²) in [6.45, 7) is 5.94. The lowest BCUT2D eigenvalue weighted by Crippen LogP contribution is -2.09. The van der Waals surface area contributed by atoms with Crippen molar-refractivity contribution in [1.29, 1.82) is 0 Å². The summed E-state index contributed by atoms with van der Waals surface area (Å²) in [7, 11) is 0. The molecule has 3 heteroatoms. The van der Waals surface area contributed by atoms with Crippen LogP contribution in [0.3, 0.4) is 0 Å². The molecule has 2 rings (SSSR count). The number of ether oxygens (including phenoxy) is 1. The molecule has 1 aromatic heterocycles. The summed E-state index contributed by atoms with van der Waals surface area (Å²) in [6, 6.07) is 11.1. The first kappa shape index (κ1) is 14.3. The quantitative estimate of drug-likeness (QED) is 0.777. The molecule has 0 unspecified atom stereocenters. The first-order valence-corrected chi connectivity index (χ1v) is 6.87. The Balaban J connectivity index is 2.33. The van der Waals surface area contributed by atoms with Gasteiger partial charge in [-0.15, -0.1) is 0 Å². The van der Waals surface area contributed by atoms with E-state index in [1.807, 2.05) is 45.0 Å². The van der Waals surface area contributed by atoms with Gasteiger partial charge in [0.15, 0.2) is 0 Å². The maximum absolute atomic E-state index is 12.5. The number of rotatable bonds is 5. The molecule has 1 aromatic carbocycles. The molecule has 20 heavy (non-hydrogen) atoms. The minimum atomic E-state index is -0.0587. The van der Waals surface area contributed by atoms with E-state index in [4.69, 9.17) is 4.74 Å². The first-order valence-electron chi connectivity index (χ1n) is 6.87. The van der Waals surface area contributed by atoms with Crippen LogP contribution in [-0.2, 0) is 6.42 Å². The van der Waals surface area contributed by atoms with Crippen LogP contribution in [-0.4, -0.2) is 16.9 Å². The number of ketones is 1. The maximum atomic E-state index is 12.5. The minimum absolute atomic E-state index is 0.0587. The van der Waals surface area contributed by atoms with Crippen LogP contribution in [0.1, 0.15) is 42.4 Å². The molecule has 0 fully saturated rings. The average molecular weight is 269 g/mol. The molecule has 1 heterocycles. The van der Waals surface area contributed by atoms with Crippen LogP contribution in [0.4, 0.5) is 0 Å². The van der Waals surface area contributed by atoms with E-state index < -0.39 is 0 Å². The first-order chi connectivity index (χ1) is 9.61. The van der Waals surface area contributed by atoms with Crippen LogP contribution in [0.5, 0.6) is 5.75 Å². The van der Waals surface area contributed by atoms with Gasteiger partial charge in [-0.1, -0.05) is 25.1 Å². The highest BCUT2D eigenvalue weighted by molar-refractivity contribution is 6.08. The van der Waals surface area contributed by atoms with E-state index in [1.165, 1.54) is 0 Å². The van der Waals surface area contributed by atoms with E-state index >= 15 is 0 Å². The molecule has 0 radical (unpaired) electrons. The van der Waals surface area contributed by atoms with E-state index in [0.29, 0.717) is 17.0 Å². The summed E-state index contributed by atoms with van der Waals surface area (Å²) in [5.74, 6) is 0.650. The molecule has 3 nitrogen and oxygen atoms in total. The molecule has 0 bridgehead atoms. The molecule has 0 amide bonds. The van der Waals surface area contributed by atoms with Crippen molar-refractivity contribution in [3.8, 4) is 5.75 Å². The van der Waals surface area contributed by atoms with Crippen molar-refractivity contribution in [2.24, 2.45) is 0 Å². The number of carbonyl (C=O) groups is 1. The number of pyridine rings is 1. The van der Waals surface area contributed by atoms with E-state index in [-0.39, 0.29) is 11.9 Å².